The molecule has 1 aromatic carbocycles. The Morgan fingerprint density at radius 3 is 2.90 bits per heavy atom. The zero-order valence-electron chi connectivity index (χ0n) is 16.5. The van der Waals surface area contributed by atoms with Gasteiger partial charge in [0.1, 0.15) is 11.7 Å². The summed E-state index contributed by atoms with van der Waals surface area (Å²) in [5, 5.41) is 3.38. The maximum Gasteiger partial charge on any atom is 0.160 e. The smallest absolute Gasteiger partial charge is 0.160 e. The fourth-order valence-electron chi connectivity index (χ4n) is 3.14. The van der Waals surface area contributed by atoms with Crippen LogP contribution in [0.4, 0.5) is 11.6 Å². The number of aromatic nitrogens is 2. The Balaban J connectivity index is 1.57. The molecule has 0 amide bonds. The summed E-state index contributed by atoms with van der Waals surface area (Å²) in [6, 6.07) is 12.2. The van der Waals surface area contributed by atoms with Gasteiger partial charge in [0, 0.05) is 25.3 Å². The van der Waals surface area contributed by atoms with Crippen LogP contribution in [0.1, 0.15) is 31.2 Å². The monoisotopic (exact) mass is 390 g/mol. The molecule has 1 fully saturated rings. The Bertz CT molecular complexity index is 903. The van der Waals surface area contributed by atoms with Crippen LogP contribution in [0.25, 0.3) is 12.2 Å². The van der Waals surface area contributed by atoms with Crippen molar-refractivity contribution in [2.75, 3.05) is 18.5 Å². The molecule has 2 aliphatic heterocycles. The lowest BCUT2D eigenvalue weighted by Gasteiger charge is -2.17. The van der Waals surface area contributed by atoms with Crippen molar-refractivity contribution in [1.82, 2.24) is 20.8 Å². The highest BCUT2D eigenvalue weighted by Crippen LogP contribution is 2.18. The number of ether oxygens (including phenoxy) is 1. The molecule has 0 radical (unpaired) electrons. The lowest BCUT2D eigenvalue weighted by atomic mass is 10.2. The molecule has 0 spiro atoms. The third-order valence-electron chi connectivity index (χ3n) is 4.69. The number of hydrogen-bond donors (Lipinski definition) is 3. The van der Waals surface area contributed by atoms with Gasteiger partial charge in [0.15, 0.2) is 11.6 Å². The number of rotatable bonds is 6. The molecular formula is C22H26N6O. The van der Waals surface area contributed by atoms with Gasteiger partial charge in [-0.15, -0.1) is 0 Å². The molecule has 3 N–H and O–H groups in total. The Hall–Kier alpha value is -3.03. The van der Waals surface area contributed by atoms with Crippen molar-refractivity contribution >= 4 is 29.6 Å². The molecule has 4 rings (SSSR count). The molecule has 1 saturated heterocycles. The summed E-state index contributed by atoms with van der Waals surface area (Å²) >= 11 is 0. The molecule has 7 heteroatoms. The average Bonchev–Trinajstić information content (AvgIpc) is 3.27. The minimum atomic E-state index is 0.233. The first-order chi connectivity index (χ1) is 14.2. The number of aliphatic imine (C=N–C) groups is 1. The van der Waals surface area contributed by atoms with Crippen LogP contribution >= 0.6 is 0 Å². The van der Waals surface area contributed by atoms with Crippen molar-refractivity contribution in [2.24, 2.45) is 4.99 Å². The van der Waals surface area contributed by atoms with Crippen LogP contribution < -0.4 is 16.2 Å². The van der Waals surface area contributed by atoms with Crippen LogP contribution in [0.5, 0.6) is 0 Å². The topological polar surface area (TPSA) is 83.5 Å². The fourth-order valence-corrected chi connectivity index (χ4v) is 3.14. The first kappa shape index (κ1) is 19.3. The number of amidine groups is 1. The molecule has 1 aromatic heterocycles. The summed E-state index contributed by atoms with van der Waals surface area (Å²) < 4.78 is 5.70. The first-order valence-electron chi connectivity index (χ1n) is 10.0. The van der Waals surface area contributed by atoms with Crippen molar-refractivity contribution in [2.45, 2.75) is 31.9 Å². The number of anilines is 1. The summed E-state index contributed by atoms with van der Waals surface area (Å²) in [5.41, 5.74) is 7.31. The van der Waals surface area contributed by atoms with Crippen molar-refractivity contribution in [3.63, 3.8) is 0 Å². The van der Waals surface area contributed by atoms with Crippen molar-refractivity contribution < 1.29 is 4.74 Å². The Kier molecular flexibility index (Phi) is 6.29. The van der Waals surface area contributed by atoms with E-state index < -0.39 is 0 Å². The predicted octanol–water partition coefficient (Wildman–Crippen LogP) is 3.32. The van der Waals surface area contributed by atoms with Gasteiger partial charge in [0.05, 0.1) is 6.10 Å². The van der Waals surface area contributed by atoms with E-state index in [1.54, 1.807) is 0 Å². The van der Waals surface area contributed by atoms with Gasteiger partial charge in [-0.2, -0.15) is 0 Å². The minimum absolute atomic E-state index is 0.233. The molecule has 0 aliphatic carbocycles. The molecule has 2 aromatic rings. The summed E-state index contributed by atoms with van der Waals surface area (Å²) in [5.74, 6) is 2.64. The molecule has 150 valence electrons. The molecule has 3 heterocycles. The van der Waals surface area contributed by atoms with Gasteiger partial charge in [-0.3, -0.25) is 0 Å². The molecule has 29 heavy (non-hydrogen) atoms. The molecule has 2 atom stereocenters. The van der Waals surface area contributed by atoms with Gasteiger partial charge in [0.2, 0.25) is 0 Å². The fraction of sp³-hybridized carbons (Fsp3) is 0.318. The maximum absolute atomic E-state index is 5.70. The normalized spacial score (nSPS) is 22.9. The van der Waals surface area contributed by atoms with Crippen LogP contribution in [0.2, 0.25) is 0 Å². The SMILES string of the molecule is CC1C=CC(=Nc2cc(NCC3CCCO3)nc(/C=C/c3ccccc3)n2)NN1. The van der Waals surface area contributed by atoms with E-state index in [1.807, 2.05) is 60.7 Å². The number of hydrogen-bond acceptors (Lipinski definition) is 6. The zero-order valence-corrected chi connectivity index (χ0v) is 16.5. The highest BCUT2D eigenvalue weighted by Gasteiger charge is 2.15. The van der Waals surface area contributed by atoms with Gasteiger partial charge in [-0.05, 0) is 37.5 Å². The molecule has 2 unspecified atom stereocenters. The van der Waals surface area contributed by atoms with Gasteiger partial charge in [-0.1, -0.05) is 42.5 Å². The molecular weight excluding hydrogens is 364 g/mol. The standard InChI is InChI=1S/C22H26N6O/c1-16-9-11-20(28-27-16)26-22-14-21(23-15-18-8-5-13-29-18)24-19(25-22)12-10-17-6-3-2-4-7-17/h2-4,6-7,9-12,14,16,18,27H,5,8,13,15H2,1H3,(H2,23,24,25,26,28)/b12-10+. The lowest BCUT2D eigenvalue weighted by molar-refractivity contribution is 0.120. The van der Waals surface area contributed by atoms with E-state index in [4.69, 9.17) is 4.74 Å². The van der Waals surface area contributed by atoms with Gasteiger partial charge < -0.3 is 15.5 Å². The second-order valence-electron chi connectivity index (χ2n) is 7.14. The molecule has 0 bridgehead atoms. The van der Waals surface area contributed by atoms with E-state index in [0.717, 1.165) is 37.4 Å². The van der Waals surface area contributed by atoms with E-state index in [0.29, 0.717) is 17.5 Å². The molecule has 0 saturated carbocycles. The van der Waals surface area contributed by atoms with E-state index in [-0.39, 0.29) is 12.1 Å². The second-order valence-corrected chi connectivity index (χ2v) is 7.14. The van der Waals surface area contributed by atoms with E-state index in [1.165, 1.54) is 0 Å². The first-order valence-corrected chi connectivity index (χ1v) is 10.0. The Labute approximate surface area is 171 Å². The van der Waals surface area contributed by atoms with E-state index >= 15 is 0 Å². The molecule has 2 aliphatic rings. The largest absolute Gasteiger partial charge is 0.376 e. The van der Waals surface area contributed by atoms with Crippen molar-refractivity contribution in [3.8, 4) is 0 Å². The van der Waals surface area contributed by atoms with Gasteiger partial charge in [-0.25, -0.2) is 20.4 Å². The number of hydrazine groups is 1. The number of nitrogens with zero attached hydrogens (tertiary/aromatic N) is 3. The minimum Gasteiger partial charge on any atom is -0.376 e. The van der Waals surface area contributed by atoms with E-state index in [2.05, 4.69) is 38.1 Å². The van der Waals surface area contributed by atoms with Crippen LogP contribution in [-0.4, -0.2) is 41.1 Å². The summed E-state index contributed by atoms with van der Waals surface area (Å²) in [6.45, 7) is 3.63. The lowest BCUT2D eigenvalue weighted by Crippen LogP contribution is -2.44. The summed E-state index contributed by atoms with van der Waals surface area (Å²) in [7, 11) is 0. The highest BCUT2D eigenvalue weighted by atomic mass is 16.5. The molecule has 7 nitrogen and oxygen atoms in total. The van der Waals surface area contributed by atoms with Crippen molar-refractivity contribution in [1.29, 1.82) is 0 Å². The van der Waals surface area contributed by atoms with Gasteiger partial charge >= 0.3 is 0 Å². The van der Waals surface area contributed by atoms with Crippen LogP contribution in [0.15, 0.2) is 53.5 Å². The van der Waals surface area contributed by atoms with Crippen molar-refractivity contribution in [3.05, 3.63) is 59.9 Å². The Morgan fingerprint density at radius 1 is 1.24 bits per heavy atom. The van der Waals surface area contributed by atoms with E-state index in [9.17, 15) is 0 Å². The maximum atomic E-state index is 5.70. The average molecular weight is 390 g/mol. The van der Waals surface area contributed by atoms with Crippen LogP contribution in [0, 0.1) is 0 Å². The van der Waals surface area contributed by atoms with Crippen LogP contribution in [-0.2, 0) is 4.74 Å². The Morgan fingerprint density at radius 2 is 2.14 bits per heavy atom. The zero-order chi connectivity index (χ0) is 19.9. The quantitative estimate of drug-likeness (QED) is 0.702. The summed E-state index contributed by atoms with van der Waals surface area (Å²) in [6.07, 6.45) is 10.3. The third kappa shape index (κ3) is 5.73. The highest BCUT2D eigenvalue weighted by molar-refractivity contribution is 5.95. The number of benzene rings is 1. The third-order valence-corrected chi connectivity index (χ3v) is 4.69. The van der Waals surface area contributed by atoms with Crippen LogP contribution in [0.3, 0.4) is 0 Å². The predicted molar refractivity (Wildman–Crippen MR) is 117 cm³/mol. The second kappa shape index (κ2) is 9.45. The van der Waals surface area contributed by atoms with Gasteiger partial charge in [0.25, 0.3) is 0 Å². The summed E-state index contributed by atoms with van der Waals surface area (Å²) in [4.78, 5) is 13.8. The number of nitrogens with one attached hydrogen (secondary N) is 3.